The van der Waals surface area contributed by atoms with Crippen LogP contribution in [0.15, 0.2) is 60.7 Å². The fourth-order valence-corrected chi connectivity index (χ4v) is 3.38. The maximum absolute atomic E-state index is 12.7. The fourth-order valence-electron chi connectivity index (χ4n) is 2.67. The molecule has 0 atom stereocenters. The van der Waals surface area contributed by atoms with Gasteiger partial charge in [0.2, 0.25) is 0 Å². The Balaban J connectivity index is 1.87. The summed E-state index contributed by atoms with van der Waals surface area (Å²) >= 11 is 17.2. The Hall–Kier alpha value is -2.67. The number of carbonyl (C=O) groups excluding carboxylic acids is 2. The lowest BCUT2D eigenvalue weighted by atomic mass is 10.1. The van der Waals surface area contributed by atoms with Crippen molar-refractivity contribution in [2.24, 2.45) is 0 Å². The molecule has 0 radical (unpaired) electrons. The predicted molar refractivity (Wildman–Crippen MR) is 118 cm³/mol. The van der Waals surface area contributed by atoms with Crippen LogP contribution >= 0.6 is 35.4 Å². The summed E-state index contributed by atoms with van der Waals surface area (Å²) in [5.41, 5.74) is 1.29. The Labute approximate surface area is 183 Å². The maximum atomic E-state index is 12.7. The third-order valence-electron chi connectivity index (χ3n) is 4.11. The smallest absolute Gasteiger partial charge is 0.265 e. The number of ether oxygens (including phenoxy) is 1. The zero-order chi connectivity index (χ0) is 21.0. The number of thiocarbonyl (C=S) groups is 1. The normalized spacial score (nSPS) is 15.4. The van der Waals surface area contributed by atoms with Gasteiger partial charge in [0.15, 0.2) is 5.11 Å². The minimum Gasteiger partial charge on any atom is -0.488 e. The molecule has 0 spiro atoms. The van der Waals surface area contributed by atoms with Gasteiger partial charge in [-0.25, -0.2) is 0 Å². The van der Waals surface area contributed by atoms with Crippen molar-refractivity contribution in [3.8, 4) is 5.75 Å². The molecule has 0 aliphatic carbocycles. The molecule has 1 fully saturated rings. The lowest BCUT2D eigenvalue weighted by molar-refractivity contribution is -0.128. The highest BCUT2D eigenvalue weighted by Gasteiger charge is 2.32. The number of benzene rings is 2. The molecule has 8 heteroatoms. The van der Waals surface area contributed by atoms with Crippen LogP contribution in [-0.4, -0.2) is 28.4 Å². The summed E-state index contributed by atoms with van der Waals surface area (Å²) in [5.74, 6) is -0.555. The van der Waals surface area contributed by atoms with E-state index in [2.05, 4.69) is 11.9 Å². The first-order valence-electron chi connectivity index (χ1n) is 8.56. The van der Waals surface area contributed by atoms with Gasteiger partial charge in [-0.2, -0.15) is 0 Å². The summed E-state index contributed by atoms with van der Waals surface area (Å²) < 4.78 is 5.88. The lowest BCUT2D eigenvalue weighted by Crippen LogP contribution is -2.53. The number of amides is 2. The van der Waals surface area contributed by atoms with Crippen LogP contribution in [0, 0.1) is 0 Å². The number of nitrogens with zero attached hydrogens (tertiary/aromatic N) is 1. The van der Waals surface area contributed by atoms with Crippen molar-refractivity contribution in [3.63, 3.8) is 0 Å². The molecule has 2 aromatic rings. The number of halogens is 2. The second-order valence-electron chi connectivity index (χ2n) is 6.08. The van der Waals surface area contributed by atoms with Crippen molar-refractivity contribution in [2.75, 3.05) is 6.54 Å². The highest BCUT2D eigenvalue weighted by atomic mass is 35.5. The second-order valence-corrected chi connectivity index (χ2v) is 7.31. The topological polar surface area (TPSA) is 58.6 Å². The van der Waals surface area contributed by atoms with E-state index in [9.17, 15) is 9.59 Å². The number of hydrogen-bond acceptors (Lipinski definition) is 4. The van der Waals surface area contributed by atoms with Gasteiger partial charge in [-0.05, 0) is 36.5 Å². The van der Waals surface area contributed by atoms with Gasteiger partial charge in [0.05, 0.1) is 0 Å². The first-order valence-corrected chi connectivity index (χ1v) is 9.72. The number of rotatable bonds is 6. The SMILES string of the molecule is C=CCN1C(=O)/C(=C/c2ccccc2OCc2ccc(Cl)cc2Cl)C(=O)NC1=S. The molecule has 1 aliphatic rings. The Kier molecular flexibility index (Phi) is 6.69. The van der Waals surface area contributed by atoms with Gasteiger partial charge in [0.1, 0.15) is 17.9 Å². The molecule has 0 bridgehead atoms. The van der Waals surface area contributed by atoms with Crippen LogP contribution in [0.3, 0.4) is 0 Å². The Bertz CT molecular complexity index is 1040. The molecule has 29 heavy (non-hydrogen) atoms. The quantitative estimate of drug-likeness (QED) is 0.309. The van der Waals surface area contributed by atoms with Crippen molar-refractivity contribution >= 4 is 58.4 Å². The molecule has 5 nitrogen and oxygen atoms in total. The van der Waals surface area contributed by atoms with Gasteiger partial charge in [0, 0.05) is 27.7 Å². The first-order chi connectivity index (χ1) is 13.9. The molecule has 2 aromatic carbocycles. The minimum atomic E-state index is -0.559. The van der Waals surface area contributed by atoms with E-state index in [0.29, 0.717) is 21.4 Å². The molecular weight excluding hydrogens is 431 g/mol. The van der Waals surface area contributed by atoms with Crippen LogP contribution < -0.4 is 10.1 Å². The average molecular weight is 447 g/mol. The molecule has 1 heterocycles. The summed E-state index contributed by atoms with van der Waals surface area (Å²) in [5, 5.41) is 3.59. The lowest BCUT2D eigenvalue weighted by Gasteiger charge is -2.27. The molecule has 0 unspecified atom stereocenters. The summed E-state index contributed by atoms with van der Waals surface area (Å²) in [7, 11) is 0. The zero-order valence-corrected chi connectivity index (χ0v) is 17.5. The summed E-state index contributed by atoms with van der Waals surface area (Å²) in [6, 6.07) is 12.2. The minimum absolute atomic E-state index is 0.0407. The van der Waals surface area contributed by atoms with Gasteiger partial charge >= 0.3 is 0 Å². The molecule has 2 amide bonds. The summed E-state index contributed by atoms with van der Waals surface area (Å²) in [6.45, 7) is 4.00. The monoisotopic (exact) mass is 446 g/mol. The molecule has 1 saturated heterocycles. The number of para-hydroxylation sites is 1. The maximum Gasteiger partial charge on any atom is 0.265 e. The fraction of sp³-hybridized carbons (Fsp3) is 0.0952. The van der Waals surface area contributed by atoms with Crippen molar-refractivity contribution < 1.29 is 14.3 Å². The van der Waals surface area contributed by atoms with Crippen molar-refractivity contribution in [2.45, 2.75) is 6.61 Å². The molecular formula is C21H16Cl2N2O3S. The van der Waals surface area contributed by atoms with E-state index in [-0.39, 0.29) is 23.8 Å². The first kappa shape index (κ1) is 21.0. The molecule has 148 valence electrons. The van der Waals surface area contributed by atoms with Crippen LogP contribution in [0.5, 0.6) is 5.75 Å². The second kappa shape index (κ2) is 9.22. The molecule has 1 aliphatic heterocycles. The van der Waals surface area contributed by atoms with Crippen molar-refractivity contribution in [1.82, 2.24) is 10.2 Å². The number of carbonyl (C=O) groups is 2. The predicted octanol–water partition coefficient (Wildman–Crippen LogP) is 4.39. The molecule has 0 saturated carbocycles. The van der Waals surface area contributed by atoms with E-state index in [1.165, 1.54) is 17.1 Å². The van der Waals surface area contributed by atoms with Crippen LogP contribution in [-0.2, 0) is 16.2 Å². The Morgan fingerprint density at radius 3 is 2.66 bits per heavy atom. The third kappa shape index (κ3) is 4.85. The van der Waals surface area contributed by atoms with Crippen LogP contribution in [0.4, 0.5) is 0 Å². The van der Waals surface area contributed by atoms with Crippen LogP contribution in [0.25, 0.3) is 6.08 Å². The number of nitrogens with one attached hydrogen (secondary N) is 1. The largest absolute Gasteiger partial charge is 0.488 e. The van der Waals surface area contributed by atoms with E-state index in [1.54, 1.807) is 42.5 Å². The summed E-state index contributed by atoms with van der Waals surface area (Å²) in [6.07, 6.45) is 3.01. The number of hydrogen-bond donors (Lipinski definition) is 1. The van der Waals surface area contributed by atoms with Crippen LogP contribution in [0.1, 0.15) is 11.1 Å². The van der Waals surface area contributed by atoms with E-state index in [1.807, 2.05) is 0 Å². The van der Waals surface area contributed by atoms with E-state index in [0.717, 1.165) is 5.56 Å². The Morgan fingerprint density at radius 1 is 1.17 bits per heavy atom. The van der Waals surface area contributed by atoms with Gasteiger partial charge < -0.3 is 4.74 Å². The third-order valence-corrected chi connectivity index (χ3v) is 5.02. The van der Waals surface area contributed by atoms with Gasteiger partial charge in [-0.1, -0.05) is 53.5 Å². The van der Waals surface area contributed by atoms with Crippen molar-refractivity contribution in [1.29, 1.82) is 0 Å². The standard InChI is InChI=1S/C21H16Cl2N2O3S/c1-2-9-25-20(27)16(19(26)24-21(25)29)10-13-5-3-4-6-18(13)28-12-14-7-8-15(22)11-17(14)23/h2-8,10-11H,1,9,12H2,(H,24,26,29)/b16-10+. The van der Waals surface area contributed by atoms with E-state index < -0.39 is 11.8 Å². The molecule has 0 aromatic heterocycles. The highest BCUT2D eigenvalue weighted by Crippen LogP contribution is 2.26. The zero-order valence-electron chi connectivity index (χ0n) is 15.2. The van der Waals surface area contributed by atoms with E-state index >= 15 is 0 Å². The van der Waals surface area contributed by atoms with Gasteiger partial charge in [-0.15, -0.1) is 6.58 Å². The Morgan fingerprint density at radius 2 is 1.93 bits per heavy atom. The summed E-state index contributed by atoms with van der Waals surface area (Å²) in [4.78, 5) is 26.3. The molecule has 3 rings (SSSR count). The van der Waals surface area contributed by atoms with E-state index in [4.69, 9.17) is 40.2 Å². The molecule has 1 N–H and O–H groups in total. The van der Waals surface area contributed by atoms with Gasteiger partial charge in [0.25, 0.3) is 11.8 Å². The van der Waals surface area contributed by atoms with Crippen LogP contribution in [0.2, 0.25) is 10.0 Å². The van der Waals surface area contributed by atoms with Gasteiger partial charge in [-0.3, -0.25) is 19.8 Å². The average Bonchev–Trinajstić information content (AvgIpc) is 2.68. The highest BCUT2D eigenvalue weighted by molar-refractivity contribution is 7.80. The van der Waals surface area contributed by atoms with Crippen molar-refractivity contribution in [3.05, 3.63) is 81.9 Å².